The Kier molecular flexibility index (Phi) is 7.67. The Morgan fingerprint density at radius 1 is 0.972 bits per heavy atom. The highest BCUT2D eigenvalue weighted by molar-refractivity contribution is 5.98. The molecule has 192 valence electrons. The smallest absolute Gasteiger partial charge is 0.419 e. The lowest BCUT2D eigenvalue weighted by molar-refractivity contribution is 0.00688. The van der Waals surface area contributed by atoms with E-state index in [1.54, 1.807) is 52.4 Å². The molecule has 0 spiro atoms. The summed E-state index contributed by atoms with van der Waals surface area (Å²) < 4.78 is 12.5. The van der Waals surface area contributed by atoms with Crippen LogP contribution in [0.2, 0.25) is 0 Å². The number of carbonyl (C=O) groups is 3. The van der Waals surface area contributed by atoms with E-state index in [0.717, 1.165) is 10.9 Å². The van der Waals surface area contributed by atoms with Gasteiger partial charge in [0.15, 0.2) is 5.78 Å². The molecule has 3 rings (SSSR count). The molecule has 3 heterocycles. The zero-order chi connectivity index (χ0) is 26.8. The maximum Gasteiger partial charge on any atom is 0.419 e. The summed E-state index contributed by atoms with van der Waals surface area (Å²) in [6.45, 7) is 14.6. The summed E-state index contributed by atoms with van der Waals surface area (Å²) in [5, 5.41) is 0.815. The summed E-state index contributed by atoms with van der Waals surface area (Å²) in [7, 11) is 0. The van der Waals surface area contributed by atoms with E-state index in [0.29, 0.717) is 17.6 Å². The predicted octanol–water partition coefficient (Wildman–Crippen LogP) is 6.30. The highest BCUT2D eigenvalue weighted by atomic mass is 16.6. The van der Waals surface area contributed by atoms with E-state index >= 15 is 0 Å². The Bertz CT molecular complexity index is 1290. The van der Waals surface area contributed by atoms with Crippen LogP contribution in [-0.4, -0.2) is 43.6 Å². The normalized spacial score (nSPS) is 12.9. The lowest BCUT2D eigenvalue weighted by Crippen LogP contribution is -2.26. The summed E-state index contributed by atoms with van der Waals surface area (Å²) >= 11 is 0. The molecule has 0 bridgehead atoms. The Balaban J connectivity index is 2.13. The number of aromatic nitrogens is 3. The van der Waals surface area contributed by atoms with E-state index in [9.17, 15) is 14.4 Å². The second-order valence-electron chi connectivity index (χ2n) is 10.7. The fraction of sp³-hybridized carbons (Fsp3) is 0.464. The number of rotatable bonds is 6. The molecule has 0 saturated carbocycles. The van der Waals surface area contributed by atoms with Gasteiger partial charge in [-0.15, -0.1) is 0 Å². The van der Waals surface area contributed by atoms with Crippen LogP contribution in [0.5, 0.6) is 0 Å². The van der Waals surface area contributed by atoms with Crippen LogP contribution in [0.4, 0.5) is 4.79 Å². The van der Waals surface area contributed by atoms with Crippen LogP contribution in [0.3, 0.4) is 0 Å². The minimum atomic E-state index is -0.681. The van der Waals surface area contributed by atoms with Crippen molar-refractivity contribution >= 4 is 28.7 Å². The summed E-state index contributed by atoms with van der Waals surface area (Å²) in [5.74, 6) is -0.955. The molecule has 1 atom stereocenters. The van der Waals surface area contributed by atoms with E-state index in [-0.39, 0.29) is 29.4 Å². The van der Waals surface area contributed by atoms with Crippen molar-refractivity contribution in [3.8, 4) is 0 Å². The van der Waals surface area contributed by atoms with Crippen molar-refractivity contribution in [2.75, 3.05) is 0 Å². The zero-order valence-electron chi connectivity index (χ0n) is 22.3. The maximum atomic E-state index is 12.9. The molecular formula is C28H35N3O5. The van der Waals surface area contributed by atoms with E-state index in [1.807, 2.05) is 33.8 Å². The van der Waals surface area contributed by atoms with Gasteiger partial charge in [0.25, 0.3) is 0 Å². The fourth-order valence-electron chi connectivity index (χ4n) is 3.92. The Labute approximate surface area is 212 Å². The Morgan fingerprint density at radius 3 is 2.22 bits per heavy atom. The van der Waals surface area contributed by atoms with Crippen molar-refractivity contribution in [2.24, 2.45) is 0 Å². The predicted molar refractivity (Wildman–Crippen MR) is 138 cm³/mol. The molecular weight excluding hydrogens is 458 g/mol. The quantitative estimate of drug-likeness (QED) is 0.293. The molecule has 0 aliphatic rings. The third-order valence-corrected chi connectivity index (χ3v) is 5.46. The minimum absolute atomic E-state index is 0.163. The monoisotopic (exact) mass is 493 g/mol. The summed E-state index contributed by atoms with van der Waals surface area (Å²) in [6, 6.07) is 5.01. The molecule has 0 N–H and O–H groups in total. The number of ketones is 1. The molecule has 1 unspecified atom stereocenters. The second-order valence-corrected chi connectivity index (χ2v) is 10.7. The third kappa shape index (κ3) is 6.17. The van der Waals surface area contributed by atoms with E-state index in [4.69, 9.17) is 9.47 Å². The van der Waals surface area contributed by atoms with Gasteiger partial charge in [-0.2, -0.15) is 0 Å². The molecule has 0 aromatic carbocycles. The Morgan fingerprint density at radius 2 is 1.64 bits per heavy atom. The second kappa shape index (κ2) is 10.2. The largest absolute Gasteiger partial charge is 0.456 e. The first-order chi connectivity index (χ1) is 16.7. The molecule has 8 heteroatoms. The average molecular weight is 494 g/mol. The summed E-state index contributed by atoms with van der Waals surface area (Å²) in [6.07, 6.45) is 5.41. The first-order valence-corrected chi connectivity index (χ1v) is 12.2. The Hall–Kier alpha value is -3.55. The number of ether oxygens (including phenoxy) is 2. The summed E-state index contributed by atoms with van der Waals surface area (Å²) in [4.78, 5) is 47.3. The molecule has 0 fully saturated rings. The average Bonchev–Trinajstić information content (AvgIpc) is 3.22. The number of fused-ring (bicyclic) bond motifs is 1. The highest BCUT2D eigenvalue weighted by Gasteiger charge is 2.26. The van der Waals surface area contributed by atoms with Gasteiger partial charge in [-0.25, -0.2) is 14.6 Å². The first-order valence-electron chi connectivity index (χ1n) is 12.2. The maximum absolute atomic E-state index is 12.9. The molecule has 36 heavy (non-hydrogen) atoms. The molecule has 0 radical (unpaired) electrons. The number of esters is 1. The molecule has 0 amide bonds. The van der Waals surface area contributed by atoms with Gasteiger partial charge in [0.1, 0.15) is 16.9 Å². The van der Waals surface area contributed by atoms with Crippen molar-refractivity contribution in [2.45, 2.75) is 85.4 Å². The minimum Gasteiger partial charge on any atom is -0.456 e. The zero-order valence-corrected chi connectivity index (χ0v) is 22.3. The molecule has 3 aromatic rings. The number of hydrogen-bond acceptors (Lipinski definition) is 7. The molecule has 0 aliphatic carbocycles. The van der Waals surface area contributed by atoms with Crippen LogP contribution >= 0.6 is 0 Å². The lowest BCUT2D eigenvalue weighted by atomic mass is 9.90. The van der Waals surface area contributed by atoms with Gasteiger partial charge in [0.05, 0.1) is 17.3 Å². The van der Waals surface area contributed by atoms with Gasteiger partial charge in [-0.05, 0) is 71.7 Å². The van der Waals surface area contributed by atoms with Crippen LogP contribution in [0.25, 0.3) is 10.9 Å². The molecule has 0 saturated heterocycles. The van der Waals surface area contributed by atoms with Crippen molar-refractivity contribution in [1.29, 1.82) is 0 Å². The van der Waals surface area contributed by atoms with Crippen LogP contribution in [0, 0.1) is 0 Å². The first kappa shape index (κ1) is 27.0. The third-order valence-electron chi connectivity index (χ3n) is 5.46. The molecule has 0 aliphatic heterocycles. The van der Waals surface area contributed by atoms with Crippen LogP contribution in [0.15, 0.2) is 36.8 Å². The van der Waals surface area contributed by atoms with Crippen LogP contribution in [-0.2, 0) is 9.47 Å². The SMILES string of the molecule is CCC(=O)c1cc(C(=O)OC(C)(C)C)cc(C(CC)c2cncc3c2ccn3C(=O)OC(C)(C)C)n1. The van der Waals surface area contributed by atoms with Gasteiger partial charge >= 0.3 is 12.1 Å². The van der Waals surface area contributed by atoms with Crippen LogP contribution in [0.1, 0.15) is 106 Å². The standard InChI is InChI=1S/C28H35N3O5/c1-9-18(20-15-29-16-23-19(20)11-12-31(23)26(34)36-28(6,7)8)21-13-17(25(33)35-27(3,4)5)14-22(30-21)24(32)10-2/h11-16,18H,9-10H2,1-8H3. The van der Waals surface area contributed by atoms with E-state index in [1.165, 1.54) is 10.6 Å². The van der Waals surface area contributed by atoms with Crippen LogP contribution < -0.4 is 0 Å². The highest BCUT2D eigenvalue weighted by Crippen LogP contribution is 2.33. The van der Waals surface area contributed by atoms with Gasteiger partial charge in [-0.3, -0.25) is 14.3 Å². The molecule has 3 aromatic heterocycles. The van der Waals surface area contributed by atoms with Gasteiger partial charge in [0, 0.05) is 35.8 Å². The molecule has 8 nitrogen and oxygen atoms in total. The summed E-state index contributed by atoms with van der Waals surface area (Å²) in [5.41, 5.74) is 1.18. The van der Waals surface area contributed by atoms with E-state index < -0.39 is 23.3 Å². The van der Waals surface area contributed by atoms with E-state index in [2.05, 4.69) is 9.97 Å². The van der Waals surface area contributed by atoms with Gasteiger partial charge < -0.3 is 9.47 Å². The number of Topliss-reactive ketones (excluding diaryl/α,β-unsaturated/α-hetero) is 1. The number of hydrogen-bond donors (Lipinski definition) is 0. The number of pyridine rings is 2. The van der Waals surface area contributed by atoms with Gasteiger partial charge in [-0.1, -0.05) is 13.8 Å². The van der Waals surface area contributed by atoms with Gasteiger partial charge in [0.2, 0.25) is 0 Å². The number of carbonyl (C=O) groups excluding carboxylic acids is 3. The van der Waals surface area contributed by atoms with Crippen molar-refractivity contribution in [3.05, 3.63) is 59.3 Å². The van der Waals surface area contributed by atoms with Crippen molar-refractivity contribution in [1.82, 2.24) is 14.5 Å². The fourth-order valence-corrected chi connectivity index (χ4v) is 3.92. The van der Waals surface area contributed by atoms with Crippen molar-refractivity contribution < 1.29 is 23.9 Å². The lowest BCUT2D eigenvalue weighted by Gasteiger charge is -2.21. The topological polar surface area (TPSA) is 100 Å². The number of nitrogens with zero attached hydrogens (tertiary/aromatic N) is 3. The van der Waals surface area contributed by atoms with Crippen molar-refractivity contribution in [3.63, 3.8) is 0 Å².